The van der Waals surface area contributed by atoms with Gasteiger partial charge in [0.1, 0.15) is 29.1 Å². The van der Waals surface area contributed by atoms with Gasteiger partial charge in [-0.05, 0) is 67.3 Å². The summed E-state index contributed by atoms with van der Waals surface area (Å²) in [5.41, 5.74) is 4.57. The van der Waals surface area contributed by atoms with Gasteiger partial charge in [-0.15, -0.1) is 0 Å². The molecule has 6 heterocycles. The van der Waals surface area contributed by atoms with E-state index in [-0.39, 0.29) is 47.8 Å². The number of hydrogen-bond donors (Lipinski definition) is 4. The average Bonchev–Trinajstić information content (AvgIpc) is 3.86. The normalized spacial score (nSPS) is 22.4. The van der Waals surface area contributed by atoms with Gasteiger partial charge >= 0.3 is 0 Å². The molecule has 0 spiro atoms. The van der Waals surface area contributed by atoms with Crippen LogP contribution in [0.1, 0.15) is 78.4 Å². The third kappa shape index (κ3) is 6.76. The zero-order valence-corrected chi connectivity index (χ0v) is 31.7. The monoisotopic (exact) mass is 766 g/mol. The second-order valence-electron chi connectivity index (χ2n) is 15.5. The molecule has 3 saturated carbocycles. The number of benzene rings is 1. The lowest BCUT2D eigenvalue weighted by atomic mass is 9.76. The van der Waals surface area contributed by atoms with E-state index in [2.05, 4.69) is 48.8 Å². The molecule has 4 aromatic heterocycles. The van der Waals surface area contributed by atoms with Gasteiger partial charge in [-0.25, -0.2) is 9.97 Å². The molecule has 15 heteroatoms. The number of fused-ring (bicyclic) bond motifs is 3. The topological polar surface area (TPSA) is 193 Å². The van der Waals surface area contributed by atoms with Gasteiger partial charge in [-0.3, -0.25) is 39.3 Å². The fourth-order valence-electron chi connectivity index (χ4n) is 8.92. The Labute approximate surface area is 328 Å². The number of rotatable bonds is 9. The van der Waals surface area contributed by atoms with Gasteiger partial charge in [0.2, 0.25) is 17.7 Å². The standard InChI is InChI=1S/C42H42N10O5/c1-3-36-48-38(34-22-51(23(2)53)14-15-52(34)36)27-7-4-6-24-16-32(44-21-28(24)27)25-10-11-29(43-20-25)41(57)50-42-17-26(18-42)33(19-42)46-35-9-5-8-30(45-35)39(55)47-31-12-13-37(54)49-40(31)56/h4-11,16,20-21,26,31,33H,3,12-15,17-19,22H2,1-2H3,(H,45,46)(H,47,55)(H,50,57)(H,49,54,56). The molecule has 5 aromatic rings. The predicted molar refractivity (Wildman–Crippen MR) is 209 cm³/mol. The van der Waals surface area contributed by atoms with E-state index in [0.29, 0.717) is 36.9 Å². The summed E-state index contributed by atoms with van der Waals surface area (Å²) in [5, 5.41) is 13.6. The minimum Gasteiger partial charge on any atom is -0.367 e. The first-order chi connectivity index (χ1) is 27.6. The molecule has 15 nitrogen and oxygen atoms in total. The van der Waals surface area contributed by atoms with Gasteiger partial charge in [0.15, 0.2) is 0 Å². The number of nitrogens with one attached hydrogen (secondary N) is 4. The van der Waals surface area contributed by atoms with Crippen molar-refractivity contribution in [1.29, 1.82) is 0 Å². The zero-order valence-electron chi connectivity index (χ0n) is 31.7. The number of hydrogen-bond acceptors (Lipinski definition) is 10. The molecule has 2 aliphatic heterocycles. The third-order valence-corrected chi connectivity index (χ3v) is 11.9. The summed E-state index contributed by atoms with van der Waals surface area (Å²) in [7, 11) is 0. The lowest BCUT2D eigenvalue weighted by Crippen LogP contribution is -2.52. The Balaban J connectivity index is 0.845. The van der Waals surface area contributed by atoms with Crippen LogP contribution in [0.5, 0.6) is 0 Å². The molecule has 57 heavy (non-hydrogen) atoms. The molecule has 290 valence electrons. The van der Waals surface area contributed by atoms with Crippen LogP contribution in [-0.4, -0.2) is 83.1 Å². The van der Waals surface area contributed by atoms with Gasteiger partial charge in [0, 0.05) is 73.3 Å². The Kier molecular flexibility index (Phi) is 9.01. The van der Waals surface area contributed by atoms with Crippen molar-refractivity contribution in [1.82, 2.24) is 45.4 Å². The van der Waals surface area contributed by atoms with Crippen molar-refractivity contribution >= 4 is 46.1 Å². The van der Waals surface area contributed by atoms with Gasteiger partial charge in [-0.2, -0.15) is 0 Å². The summed E-state index contributed by atoms with van der Waals surface area (Å²) in [5.74, 6) is 0.349. The van der Waals surface area contributed by atoms with Crippen LogP contribution in [0, 0.1) is 5.92 Å². The molecule has 1 aromatic carbocycles. The summed E-state index contributed by atoms with van der Waals surface area (Å²) in [6, 6.07) is 16.1. The summed E-state index contributed by atoms with van der Waals surface area (Å²) in [6.45, 7) is 5.63. The molecule has 5 amide bonds. The number of imidazole rings is 1. The Morgan fingerprint density at radius 3 is 2.54 bits per heavy atom. The molecule has 5 aliphatic rings. The highest BCUT2D eigenvalue weighted by molar-refractivity contribution is 6.03. The van der Waals surface area contributed by atoms with E-state index in [1.54, 1.807) is 37.4 Å². The second kappa shape index (κ2) is 14.2. The highest BCUT2D eigenvalue weighted by Crippen LogP contribution is 2.53. The maximum Gasteiger partial charge on any atom is 0.270 e. The van der Waals surface area contributed by atoms with E-state index in [4.69, 9.17) is 9.97 Å². The number of amides is 5. The first-order valence-corrected chi connectivity index (χ1v) is 19.5. The van der Waals surface area contributed by atoms with Crippen LogP contribution in [0.4, 0.5) is 5.82 Å². The number of anilines is 1. The van der Waals surface area contributed by atoms with Crippen LogP contribution in [-0.2, 0) is 33.9 Å². The van der Waals surface area contributed by atoms with Crippen LogP contribution in [0.3, 0.4) is 0 Å². The van der Waals surface area contributed by atoms with Gasteiger partial charge in [-0.1, -0.05) is 31.2 Å². The van der Waals surface area contributed by atoms with E-state index in [1.165, 1.54) is 0 Å². The van der Waals surface area contributed by atoms with E-state index in [0.717, 1.165) is 70.6 Å². The molecule has 2 bridgehead atoms. The summed E-state index contributed by atoms with van der Waals surface area (Å²) in [4.78, 5) is 82.8. The minimum absolute atomic E-state index is 0.0568. The van der Waals surface area contributed by atoms with Crippen molar-refractivity contribution in [2.75, 3.05) is 11.9 Å². The Morgan fingerprint density at radius 1 is 0.930 bits per heavy atom. The SMILES string of the molecule is CCc1nc(-c2cccc3cc(-c4ccc(C(=O)NC56CC(C5)C(Nc5cccc(C(=O)NC7CCC(=O)NC7=O)n5)C6)nc4)ncc23)c2n1CCN(C(C)=O)C2. The molecule has 2 unspecified atom stereocenters. The van der Waals surface area contributed by atoms with E-state index in [9.17, 15) is 24.0 Å². The summed E-state index contributed by atoms with van der Waals surface area (Å²) < 4.78 is 2.25. The first-order valence-electron chi connectivity index (χ1n) is 19.5. The third-order valence-electron chi connectivity index (χ3n) is 11.9. The maximum absolute atomic E-state index is 13.5. The fraction of sp³-hybridized carbons (Fsp3) is 0.357. The molecule has 3 aliphatic carbocycles. The maximum atomic E-state index is 13.5. The molecule has 2 atom stereocenters. The molecular weight excluding hydrogens is 725 g/mol. The summed E-state index contributed by atoms with van der Waals surface area (Å²) in [6.07, 6.45) is 7.10. The number of aryl methyl sites for hydroxylation is 1. The number of carbonyl (C=O) groups excluding carboxylic acids is 5. The fourth-order valence-corrected chi connectivity index (χ4v) is 8.92. The van der Waals surface area contributed by atoms with Crippen LogP contribution in [0.15, 0.2) is 67.0 Å². The van der Waals surface area contributed by atoms with Crippen LogP contribution < -0.4 is 21.3 Å². The Morgan fingerprint density at radius 2 is 1.77 bits per heavy atom. The highest BCUT2D eigenvalue weighted by Gasteiger charge is 2.57. The zero-order chi connectivity index (χ0) is 39.4. The quantitative estimate of drug-likeness (QED) is 0.161. The number of pyridine rings is 3. The Hall–Kier alpha value is -6.51. The van der Waals surface area contributed by atoms with Crippen molar-refractivity contribution in [2.45, 2.75) is 83.1 Å². The van der Waals surface area contributed by atoms with Gasteiger partial charge < -0.3 is 25.4 Å². The Bertz CT molecular complexity index is 2470. The van der Waals surface area contributed by atoms with Gasteiger partial charge in [0.25, 0.3) is 11.8 Å². The molecule has 4 N–H and O–H groups in total. The second-order valence-corrected chi connectivity index (χ2v) is 15.5. The molecular formula is C42H42N10O5. The van der Waals surface area contributed by atoms with Crippen molar-refractivity contribution in [3.8, 4) is 22.5 Å². The first kappa shape index (κ1) is 36.1. The average molecular weight is 767 g/mol. The molecule has 4 fully saturated rings. The van der Waals surface area contributed by atoms with Crippen LogP contribution >= 0.6 is 0 Å². The summed E-state index contributed by atoms with van der Waals surface area (Å²) >= 11 is 0. The number of aromatic nitrogens is 5. The highest BCUT2D eigenvalue weighted by atomic mass is 16.2. The van der Waals surface area contributed by atoms with E-state index < -0.39 is 17.9 Å². The molecule has 0 radical (unpaired) electrons. The minimum atomic E-state index is -0.786. The van der Waals surface area contributed by atoms with Crippen molar-refractivity contribution < 1.29 is 24.0 Å². The van der Waals surface area contributed by atoms with E-state index in [1.807, 2.05) is 35.4 Å². The van der Waals surface area contributed by atoms with Crippen LogP contribution in [0.25, 0.3) is 33.3 Å². The van der Waals surface area contributed by atoms with Crippen molar-refractivity contribution in [3.05, 3.63) is 89.9 Å². The predicted octanol–water partition coefficient (Wildman–Crippen LogP) is 3.78. The van der Waals surface area contributed by atoms with Crippen molar-refractivity contribution in [3.63, 3.8) is 0 Å². The van der Waals surface area contributed by atoms with Gasteiger partial charge in [0.05, 0.1) is 23.6 Å². The molecule has 10 rings (SSSR count). The number of piperidine rings is 1. The number of carbonyl (C=O) groups is 5. The van der Waals surface area contributed by atoms with Crippen LogP contribution in [0.2, 0.25) is 0 Å². The lowest BCUT2D eigenvalue weighted by Gasteiger charge is -2.39. The number of nitrogens with zero attached hydrogens (tertiary/aromatic N) is 6. The van der Waals surface area contributed by atoms with E-state index >= 15 is 0 Å². The van der Waals surface area contributed by atoms with Crippen molar-refractivity contribution in [2.24, 2.45) is 5.92 Å². The smallest absolute Gasteiger partial charge is 0.270 e. The number of imide groups is 1. The molecule has 1 saturated heterocycles. The largest absolute Gasteiger partial charge is 0.367 e. The lowest BCUT2D eigenvalue weighted by molar-refractivity contribution is -0.134.